The number of aliphatic hydroxyl groups is 2. The van der Waals surface area contributed by atoms with Crippen molar-refractivity contribution in [3.8, 4) is 0 Å². The molecule has 0 fully saturated rings. The predicted molar refractivity (Wildman–Crippen MR) is 63.9 cm³/mol. The molecular weight excluding hydrogens is 228 g/mol. The van der Waals surface area contributed by atoms with Gasteiger partial charge in [0, 0.05) is 26.1 Å². The first-order valence-corrected chi connectivity index (χ1v) is 5.61. The second-order valence-electron chi connectivity index (χ2n) is 3.00. The van der Waals surface area contributed by atoms with Crippen molar-refractivity contribution >= 4 is 11.9 Å². The maximum atomic E-state index is 9.37. The van der Waals surface area contributed by atoms with E-state index in [1.54, 1.807) is 13.8 Å². The monoisotopic (exact) mass is 252 g/mol. The molecular formula is C11H24O6. The van der Waals surface area contributed by atoms with E-state index in [1.165, 1.54) is 0 Å². The second-order valence-corrected chi connectivity index (χ2v) is 3.00. The molecule has 17 heavy (non-hydrogen) atoms. The van der Waals surface area contributed by atoms with Crippen LogP contribution in [0.5, 0.6) is 0 Å². The Morgan fingerprint density at radius 1 is 0.765 bits per heavy atom. The van der Waals surface area contributed by atoms with Crippen LogP contribution >= 0.6 is 0 Å². The van der Waals surface area contributed by atoms with Crippen LogP contribution in [0.1, 0.15) is 46.0 Å². The predicted octanol–water partition coefficient (Wildman–Crippen LogP) is 1.10. The summed E-state index contributed by atoms with van der Waals surface area (Å²) >= 11 is 0. The fourth-order valence-corrected chi connectivity index (χ4v) is 0.400. The maximum absolute atomic E-state index is 9.37. The third kappa shape index (κ3) is 52.2. The topological polar surface area (TPSA) is 115 Å². The van der Waals surface area contributed by atoms with Crippen molar-refractivity contribution in [3.63, 3.8) is 0 Å². The smallest absolute Gasteiger partial charge is 0.303 e. The molecule has 0 radical (unpaired) electrons. The SMILES string of the molecule is CCC(=O)O.CCC(=O)O.OCCCCCO. The summed E-state index contributed by atoms with van der Waals surface area (Å²) in [5.74, 6) is -1.49. The van der Waals surface area contributed by atoms with E-state index in [9.17, 15) is 9.59 Å². The van der Waals surface area contributed by atoms with E-state index in [2.05, 4.69) is 0 Å². The van der Waals surface area contributed by atoms with Crippen molar-refractivity contribution in [2.75, 3.05) is 13.2 Å². The van der Waals surface area contributed by atoms with Gasteiger partial charge in [-0.3, -0.25) is 9.59 Å². The Morgan fingerprint density at radius 2 is 1.00 bits per heavy atom. The van der Waals surface area contributed by atoms with Gasteiger partial charge in [-0.25, -0.2) is 0 Å². The van der Waals surface area contributed by atoms with Crippen molar-refractivity contribution in [2.45, 2.75) is 46.0 Å². The summed E-state index contributed by atoms with van der Waals surface area (Å²) in [5, 5.41) is 31.9. The normalized spacial score (nSPS) is 8.24. The number of carboxylic acid groups (broad SMARTS) is 2. The van der Waals surface area contributed by atoms with E-state index in [0.29, 0.717) is 0 Å². The summed E-state index contributed by atoms with van der Waals surface area (Å²) in [6.07, 6.45) is 3.02. The highest BCUT2D eigenvalue weighted by Crippen LogP contribution is 1.90. The lowest BCUT2D eigenvalue weighted by atomic mass is 10.2. The van der Waals surface area contributed by atoms with Gasteiger partial charge in [-0.15, -0.1) is 0 Å². The first-order chi connectivity index (χ1) is 7.95. The summed E-state index contributed by atoms with van der Waals surface area (Å²) in [4.78, 5) is 18.7. The molecule has 0 amide bonds. The fourth-order valence-electron chi connectivity index (χ4n) is 0.400. The number of hydrogen-bond donors (Lipinski definition) is 4. The van der Waals surface area contributed by atoms with E-state index in [4.69, 9.17) is 20.4 Å². The number of unbranched alkanes of at least 4 members (excludes halogenated alkanes) is 2. The van der Waals surface area contributed by atoms with Gasteiger partial charge in [-0.1, -0.05) is 13.8 Å². The van der Waals surface area contributed by atoms with Gasteiger partial charge in [0.1, 0.15) is 0 Å². The summed E-state index contributed by atoms with van der Waals surface area (Å²) in [6.45, 7) is 3.70. The Labute approximate surface area is 102 Å². The van der Waals surface area contributed by atoms with Crippen molar-refractivity contribution in [3.05, 3.63) is 0 Å². The molecule has 0 aliphatic carbocycles. The van der Waals surface area contributed by atoms with Crippen molar-refractivity contribution in [2.24, 2.45) is 0 Å². The van der Waals surface area contributed by atoms with Gasteiger partial charge in [-0.05, 0) is 19.3 Å². The zero-order valence-corrected chi connectivity index (χ0v) is 10.6. The number of aliphatic hydroxyl groups excluding tert-OH is 2. The molecule has 104 valence electrons. The highest BCUT2D eigenvalue weighted by atomic mass is 16.4. The lowest BCUT2D eigenvalue weighted by molar-refractivity contribution is -0.137. The second kappa shape index (κ2) is 20.3. The van der Waals surface area contributed by atoms with Crippen molar-refractivity contribution in [1.29, 1.82) is 0 Å². The fraction of sp³-hybridized carbons (Fsp3) is 0.818. The Kier molecular flexibility index (Phi) is 25.3. The standard InChI is InChI=1S/C5H12O2.2C3H6O2/c6-4-2-1-3-5-7;2*1-2-3(4)5/h6-7H,1-5H2;2*2H2,1H3,(H,4,5). The van der Waals surface area contributed by atoms with E-state index in [0.717, 1.165) is 19.3 Å². The van der Waals surface area contributed by atoms with Crippen LogP contribution in [-0.4, -0.2) is 45.6 Å². The van der Waals surface area contributed by atoms with E-state index < -0.39 is 11.9 Å². The number of hydrogen-bond acceptors (Lipinski definition) is 4. The molecule has 0 bridgehead atoms. The minimum Gasteiger partial charge on any atom is -0.481 e. The third-order valence-corrected chi connectivity index (χ3v) is 1.42. The van der Waals surface area contributed by atoms with Gasteiger partial charge in [-0.2, -0.15) is 0 Å². The van der Waals surface area contributed by atoms with Crippen LogP contribution in [0.15, 0.2) is 0 Å². The van der Waals surface area contributed by atoms with Crippen molar-refractivity contribution in [1.82, 2.24) is 0 Å². The molecule has 0 atom stereocenters. The minimum absolute atomic E-state index is 0.222. The minimum atomic E-state index is -0.745. The first kappa shape index (κ1) is 21.2. The molecule has 0 aromatic heterocycles. The molecule has 0 aromatic carbocycles. The molecule has 0 saturated heterocycles. The van der Waals surface area contributed by atoms with Gasteiger partial charge in [0.25, 0.3) is 0 Å². The van der Waals surface area contributed by atoms with E-state index in [1.807, 2.05) is 0 Å². The van der Waals surface area contributed by atoms with Crippen LogP contribution in [0, 0.1) is 0 Å². The molecule has 6 nitrogen and oxygen atoms in total. The Morgan fingerprint density at radius 3 is 1.12 bits per heavy atom. The van der Waals surface area contributed by atoms with Crippen LogP contribution in [0.2, 0.25) is 0 Å². The molecule has 0 rings (SSSR count). The summed E-state index contributed by atoms with van der Waals surface area (Å²) in [5.41, 5.74) is 0. The molecule has 0 spiro atoms. The summed E-state index contributed by atoms with van der Waals surface area (Å²) < 4.78 is 0. The summed E-state index contributed by atoms with van der Waals surface area (Å²) in [7, 11) is 0. The average Bonchev–Trinajstić information content (AvgIpc) is 2.31. The van der Waals surface area contributed by atoms with Crippen molar-refractivity contribution < 1.29 is 30.0 Å². The summed E-state index contributed by atoms with van der Waals surface area (Å²) in [6, 6.07) is 0. The van der Waals surface area contributed by atoms with Crippen LogP contribution in [0.25, 0.3) is 0 Å². The Balaban J connectivity index is -0.000000177. The molecule has 0 aromatic rings. The number of aliphatic carboxylic acids is 2. The van der Waals surface area contributed by atoms with Gasteiger partial charge >= 0.3 is 11.9 Å². The van der Waals surface area contributed by atoms with Gasteiger partial charge in [0.05, 0.1) is 0 Å². The molecule has 0 unspecified atom stereocenters. The lowest BCUT2D eigenvalue weighted by Gasteiger charge is -1.90. The van der Waals surface area contributed by atoms with E-state index >= 15 is 0 Å². The van der Waals surface area contributed by atoms with Crippen LogP contribution in [0.3, 0.4) is 0 Å². The van der Waals surface area contributed by atoms with E-state index in [-0.39, 0.29) is 26.1 Å². The number of rotatable bonds is 6. The largest absolute Gasteiger partial charge is 0.481 e. The highest BCUT2D eigenvalue weighted by molar-refractivity contribution is 5.66. The highest BCUT2D eigenvalue weighted by Gasteiger charge is 1.82. The third-order valence-electron chi connectivity index (χ3n) is 1.42. The molecule has 0 saturated carbocycles. The molecule has 0 aliphatic rings. The van der Waals surface area contributed by atoms with Crippen LogP contribution in [0.4, 0.5) is 0 Å². The molecule has 4 N–H and O–H groups in total. The van der Waals surface area contributed by atoms with Crippen LogP contribution in [-0.2, 0) is 9.59 Å². The first-order valence-electron chi connectivity index (χ1n) is 5.61. The number of carboxylic acids is 2. The lowest BCUT2D eigenvalue weighted by Crippen LogP contribution is -1.86. The zero-order chi connectivity index (χ0) is 14.1. The number of carbonyl (C=O) groups is 2. The van der Waals surface area contributed by atoms with Gasteiger partial charge in [0.15, 0.2) is 0 Å². The zero-order valence-electron chi connectivity index (χ0n) is 10.6. The maximum Gasteiger partial charge on any atom is 0.303 e. The quantitative estimate of drug-likeness (QED) is 0.526. The molecule has 0 heterocycles. The van der Waals surface area contributed by atoms with Gasteiger partial charge < -0.3 is 20.4 Å². The Bertz CT molecular complexity index is 151. The van der Waals surface area contributed by atoms with Crippen LogP contribution < -0.4 is 0 Å². The average molecular weight is 252 g/mol. The Hall–Kier alpha value is -1.14. The molecule has 0 aliphatic heterocycles. The van der Waals surface area contributed by atoms with Gasteiger partial charge in [0.2, 0.25) is 0 Å². The molecule has 6 heteroatoms.